The Balaban J connectivity index is 0.00000241. The lowest BCUT2D eigenvalue weighted by Gasteiger charge is -2.12. The van der Waals surface area contributed by atoms with Gasteiger partial charge in [-0.3, -0.25) is 4.99 Å². The summed E-state index contributed by atoms with van der Waals surface area (Å²) in [4.78, 5) is 4.58. The molecule has 2 nitrogen and oxygen atoms in total. The van der Waals surface area contributed by atoms with E-state index in [1.807, 2.05) is 33.1 Å². The molecule has 0 saturated heterocycles. The maximum absolute atomic E-state index is 4.58. The average Bonchev–Trinajstić information content (AvgIpc) is 2.85. The molecule has 0 unspecified atom stereocenters. The molecule has 37 heavy (non-hydrogen) atoms. The van der Waals surface area contributed by atoms with Gasteiger partial charge in [-0.05, 0) is 95.2 Å². The number of aryl methyl sites for hydroxylation is 4. The predicted molar refractivity (Wildman–Crippen MR) is 170 cm³/mol. The third kappa shape index (κ3) is 16.3. The summed E-state index contributed by atoms with van der Waals surface area (Å²) in [6.45, 7) is 25.8. The summed E-state index contributed by atoms with van der Waals surface area (Å²) in [6.07, 6.45) is 12.6. The zero-order valence-electron chi connectivity index (χ0n) is 25.0. The SMILES string of the molecule is C=C(/C=C(\CN=CC=C(C)C)NCCCCCc1cc(C)cc(C)c1)c1ccccc1C.C=CC.CC. The Morgan fingerprint density at radius 2 is 1.57 bits per heavy atom. The standard InChI is InChI=1S/C30H40N2.C3H6.C2H6/c1-23(2)15-17-31-22-29(21-27(6)30-14-10-9-12-26(30)5)32-16-11-7-8-13-28-19-24(3)18-25(4)20-28;1-3-2;1-2/h9-10,12,14-15,17-21,32H,6-8,11,13,16,22H2,1-5H3;3H,1H2,2H3;1-2H3/b29-21+,31-17?;;. The number of hydrogen-bond acceptors (Lipinski definition) is 2. The van der Waals surface area contributed by atoms with Crippen LogP contribution in [0.15, 0.2) is 90.1 Å². The van der Waals surface area contributed by atoms with E-state index in [1.165, 1.54) is 46.2 Å². The van der Waals surface area contributed by atoms with Gasteiger partial charge in [-0.15, -0.1) is 6.58 Å². The van der Waals surface area contributed by atoms with E-state index in [2.05, 4.69) is 107 Å². The van der Waals surface area contributed by atoms with Gasteiger partial charge in [0, 0.05) is 18.5 Å². The summed E-state index contributed by atoms with van der Waals surface area (Å²) in [5.74, 6) is 0. The van der Waals surface area contributed by atoms with Gasteiger partial charge >= 0.3 is 0 Å². The zero-order chi connectivity index (χ0) is 28.1. The number of allylic oxidation sites excluding steroid dienone is 5. The molecule has 0 atom stereocenters. The quantitative estimate of drug-likeness (QED) is 0.133. The van der Waals surface area contributed by atoms with E-state index in [0.29, 0.717) is 6.54 Å². The van der Waals surface area contributed by atoms with Gasteiger partial charge in [0.05, 0.1) is 6.54 Å². The van der Waals surface area contributed by atoms with Crippen LogP contribution in [0, 0.1) is 20.8 Å². The van der Waals surface area contributed by atoms with E-state index in [1.54, 1.807) is 6.08 Å². The van der Waals surface area contributed by atoms with Crippen molar-refractivity contribution in [2.45, 2.75) is 81.1 Å². The first-order valence-corrected chi connectivity index (χ1v) is 13.7. The Morgan fingerprint density at radius 3 is 2.16 bits per heavy atom. The lowest BCUT2D eigenvalue weighted by molar-refractivity contribution is 0.639. The van der Waals surface area contributed by atoms with E-state index < -0.39 is 0 Å². The van der Waals surface area contributed by atoms with E-state index >= 15 is 0 Å². The zero-order valence-corrected chi connectivity index (χ0v) is 25.0. The first-order valence-electron chi connectivity index (χ1n) is 13.7. The maximum atomic E-state index is 4.58. The summed E-state index contributed by atoms with van der Waals surface area (Å²) in [5, 5.41) is 3.61. The van der Waals surface area contributed by atoms with Crippen LogP contribution in [0.3, 0.4) is 0 Å². The molecule has 0 aromatic heterocycles. The molecule has 0 bridgehead atoms. The number of nitrogens with zero attached hydrogens (tertiary/aromatic N) is 1. The molecule has 0 radical (unpaired) electrons. The molecule has 0 spiro atoms. The van der Waals surface area contributed by atoms with Gasteiger partial charge in [-0.2, -0.15) is 0 Å². The lowest BCUT2D eigenvalue weighted by atomic mass is 10.0. The van der Waals surface area contributed by atoms with E-state index in [9.17, 15) is 0 Å². The molecular weight excluding hydrogens is 448 g/mol. The molecule has 0 aliphatic carbocycles. The van der Waals surface area contributed by atoms with Gasteiger partial charge in [0.2, 0.25) is 0 Å². The molecule has 1 N–H and O–H groups in total. The molecule has 0 saturated carbocycles. The van der Waals surface area contributed by atoms with Gasteiger partial charge < -0.3 is 5.32 Å². The highest BCUT2D eigenvalue weighted by Crippen LogP contribution is 2.19. The highest BCUT2D eigenvalue weighted by Gasteiger charge is 2.03. The van der Waals surface area contributed by atoms with Crippen molar-refractivity contribution >= 4 is 11.8 Å². The minimum absolute atomic E-state index is 0.636. The van der Waals surface area contributed by atoms with Crippen LogP contribution >= 0.6 is 0 Å². The molecule has 2 aromatic carbocycles. The van der Waals surface area contributed by atoms with Crippen molar-refractivity contribution in [2.24, 2.45) is 4.99 Å². The first kappa shape index (κ1) is 33.9. The van der Waals surface area contributed by atoms with E-state index in [-0.39, 0.29) is 0 Å². The van der Waals surface area contributed by atoms with Crippen molar-refractivity contribution in [3.8, 4) is 0 Å². The van der Waals surface area contributed by atoms with Crippen LogP contribution in [0.2, 0.25) is 0 Å². The van der Waals surface area contributed by atoms with Gasteiger partial charge in [0.1, 0.15) is 0 Å². The van der Waals surface area contributed by atoms with Gasteiger partial charge in [-0.25, -0.2) is 0 Å². The van der Waals surface area contributed by atoms with E-state index in [4.69, 9.17) is 0 Å². The molecule has 2 rings (SSSR count). The summed E-state index contributed by atoms with van der Waals surface area (Å²) in [6, 6.07) is 15.3. The number of rotatable bonds is 12. The molecule has 0 aliphatic heterocycles. The lowest BCUT2D eigenvalue weighted by Crippen LogP contribution is -2.17. The van der Waals surface area contributed by atoms with Crippen LogP contribution in [-0.2, 0) is 6.42 Å². The van der Waals surface area contributed by atoms with Crippen molar-refractivity contribution in [1.29, 1.82) is 0 Å². The molecule has 0 heterocycles. The first-order chi connectivity index (χ1) is 17.8. The molecule has 2 aromatic rings. The van der Waals surface area contributed by atoms with Crippen molar-refractivity contribution < 1.29 is 0 Å². The average molecular weight is 501 g/mol. The Morgan fingerprint density at radius 1 is 0.946 bits per heavy atom. The van der Waals surface area contributed by atoms with Crippen LogP contribution in [-0.4, -0.2) is 19.3 Å². The number of benzene rings is 2. The second-order valence-electron chi connectivity index (χ2n) is 9.39. The van der Waals surface area contributed by atoms with Crippen LogP contribution in [0.25, 0.3) is 5.57 Å². The minimum atomic E-state index is 0.636. The second kappa shape index (κ2) is 21.0. The maximum Gasteiger partial charge on any atom is 0.0786 e. The highest BCUT2D eigenvalue weighted by molar-refractivity contribution is 5.75. The van der Waals surface area contributed by atoms with E-state index in [0.717, 1.165) is 30.7 Å². The Labute approximate surface area is 229 Å². The highest BCUT2D eigenvalue weighted by atomic mass is 14.9. The van der Waals surface area contributed by atoms with Crippen molar-refractivity contribution in [2.75, 3.05) is 13.1 Å². The third-order valence-electron chi connectivity index (χ3n) is 5.39. The summed E-state index contributed by atoms with van der Waals surface area (Å²) >= 11 is 0. The fourth-order valence-corrected chi connectivity index (χ4v) is 3.82. The van der Waals surface area contributed by atoms with Crippen LogP contribution in [0.5, 0.6) is 0 Å². The Bertz CT molecular complexity index is 997. The Hall–Kier alpha value is -3.13. The molecule has 2 heteroatoms. The van der Waals surface area contributed by atoms with Crippen LogP contribution in [0.1, 0.15) is 81.7 Å². The largest absolute Gasteiger partial charge is 0.387 e. The van der Waals surface area contributed by atoms with Crippen LogP contribution < -0.4 is 5.32 Å². The fraction of sp³-hybridized carbons (Fsp3) is 0.400. The van der Waals surface area contributed by atoms with Gasteiger partial charge in [-0.1, -0.05) is 92.1 Å². The third-order valence-corrected chi connectivity index (χ3v) is 5.39. The summed E-state index contributed by atoms with van der Waals surface area (Å²) in [5.41, 5.74) is 10.0. The smallest absolute Gasteiger partial charge is 0.0786 e. The molecular formula is C35H52N2. The molecule has 0 amide bonds. The minimum Gasteiger partial charge on any atom is -0.387 e. The van der Waals surface area contributed by atoms with Crippen molar-refractivity contribution in [1.82, 2.24) is 5.32 Å². The van der Waals surface area contributed by atoms with Gasteiger partial charge in [0.15, 0.2) is 0 Å². The van der Waals surface area contributed by atoms with Crippen molar-refractivity contribution in [3.63, 3.8) is 0 Å². The monoisotopic (exact) mass is 500 g/mol. The topological polar surface area (TPSA) is 24.4 Å². The Kier molecular flexibility index (Phi) is 19.2. The summed E-state index contributed by atoms with van der Waals surface area (Å²) in [7, 11) is 0. The normalized spacial score (nSPS) is 10.5. The number of nitrogens with one attached hydrogen (secondary N) is 1. The number of aliphatic imine (C=N–C) groups is 1. The summed E-state index contributed by atoms with van der Waals surface area (Å²) < 4.78 is 0. The fourth-order valence-electron chi connectivity index (χ4n) is 3.82. The molecule has 0 fully saturated rings. The van der Waals surface area contributed by atoms with Gasteiger partial charge in [0.25, 0.3) is 0 Å². The van der Waals surface area contributed by atoms with Crippen molar-refractivity contribution in [3.05, 3.63) is 113 Å². The number of unbranched alkanes of at least 4 members (excludes halogenated alkanes) is 2. The molecule has 202 valence electrons. The van der Waals surface area contributed by atoms with Crippen LogP contribution in [0.4, 0.5) is 0 Å². The predicted octanol–water partition coefficient (Wildman–Crippen LogP) is 9.77. The number of hydrogen-bond donors (Lipinski definition) is 1. The molecule has 0 aliphatic rings. The second-order valence-corrected chi connectivity index (χ2v) is 9.39.